The van der Waals surface area contributed by atoms with Gasteiger partial charge in [0.05, 0.1) is 11.0 Å². The minimum Gasteiger partial charge on any atom is -0.325 e. The number of nitrogens with one attached hydrogen (secondary N) is 1. The molecule has 0 spiro atoms. The van der Waals surface area contributed by atoms with E-state index in [1.807, 2.05) is 31.2 Å². The Morgan fingerprint density at radius 3 is 2.39 bits per heavy atom. The number of Topliss-reactive ketones (excluding diaryl/α,β-unsaturated/α-hetero) is 1. The summed E-state index contributed by atoms with van der Waals surface area (Å²) in [6, 6.07) is 7.80. The van der Waals surface area contributed by atoms with Gasteiger partial charge in [-0.1, -0.05) is 19.1 Å². The second kappa shape index (κ2) is 7.21. The molecule has 1 aromatic rings. The van der Waals surface area contributed by atoms with E-state index in [1.54, 1.807) is 6.92 Å². The number of thioether (sulfide) groups is 1. The highest BCUT2D eigenvalue weighted by atomic mass is 32.2. The summed E-state index contributed by atoms with van der Waals surface area (Å²) in [7, 11) is 0. The Bertz CT molecular complexity index is 414. The Morgan fingerprint density at radius 1 is 1.28 bits per heavy atom. The highest BCUT2D eigenvalue weighted by molar-refractivity contribution is 8.01. The summed E-state index contributed by atoms with van der Waals surface area (Å²) in [5.74, 6) is 0.327. The van der Waals surface area contributed by atoms with Gasteiger partial charge in [0.1, 0.15) is 5.78 Å². The van der Waals surface area contributed by atoms with Crippen LogP contribution in [-0.2, 0) is 16.0 Å². The lowest BCUT2D eigenvalue weighted by atomic mass is 10.1. The number of amides is 1. The van der Waals surface area contributed by atoms with E-state index in [0.29, 0.717) is 5.75 Å². The standard InChI is InChI=1S/C14H19NO2S/c1-4-12-5-7-13(8-6-12)15-14(17)9-18-11(3)10(2)16/h5-8,11H,4,9H2,1-3H3,(H,15,17)/t11-/m1/s1. The van der Waals surface area contributed by atoms with Crippen molar-refractivity contribution in [2.75, 3.05) is 11.1 Å². The first-order valence-electron chi connectivity index (χ1n) is 6.03. The number of carbonyl (C=O) groups excluding carboxylic acids is 2. The van der Waals surface area contributed by atoms with Gasteiger partial charge in [-0.25, -0.2) is 0 Å². The molecule has 0 saturated heterocycles. The average Bonchev–Trinajstić information content (AvgIpc) is 2.36. The van der Waals surface area contributed by atoms with Crippen LogP contribution in [0.4, 0.5) is 5.69 Å². The Morgan fingerprint density at radius 2 is 1.89 bits per heavy atom. The Hall–Kier alpha value is -1.29. The lowest BCUT2D eigenvalue weighted by Crippen LogP contribution is -2.18. The third-order valence-corrected chi connectivity index (χ3v) is 3.94. The molecule has 1 N–H and O–H groups in total. The molecule has 0 saturated carbocycles. The molecule has 1 amide bonds. The van der Waals surface area contributed by atoms with Gasteiger partial charge in [0.25, 0.3) is 0 Å². The summed E-state index contributed by atoms with van der Waals surface area (Å²) in [5.41, 5.74) is 2.04. The van der Waals surface area contributed by atoms with Crippen LogP contribution in [0.25, 0.3) is 0 Å². The summed E-state index contributed by atoms with van der Waals surface area (Å²) >= 11 is 1.36. The Labute approximate surface area is 112 Å². The summed E-state index contributed by atoms with van der Waals surface area (Å²) < 4.78 is 0. The first-order chi connectivity index (χ1) is 8.52. The number of benzene rings is 1. The van der Waals surface area contributed by atoms with Crippen molar-refractivity contribution < 1.29 is 9.59 Å². The van der Waals surface area contributed by atoms with E-state index in [2.05, 4.69) is 12.2 Å². The molecule has 0 aromatic heterocycles. The van der Waals surface area contributed by atoms with Crippen molar-refractivity contribution in [2.24, 2.45) is 0 Å². The minimum atomic E-state index is -0.127. The fraction of sp³-hybridized carbons (Fsp3) is 0.429. The molecule has 0 bridgehead atoms. The van der Waals surface area contributed by atoms with Crippen LogP contribution in [0.5, 0.6) is 0 Å². The number of ketones is 1. The van der Waals surface area contributed by atoms with Crippen LogP contribution in [-0.4, -0.2) is 22.7 Å². The van der Waals surface area contributed by atoms with Crippen LogP contribution in [0.3, 0.4) is 0 Å². The second-order valence-electron chi connectivity index (χ2n) is 4.16. The van der Waals surface area contributed by atoms with E-state index in [-0.39, 0.29) is 16.9 Å². The minimum absolute atomic E-state index is 0.0719. The van der Waals surface area contributed by atoms with Crippen molar-refractivity contribution in [3.8, 4) is 0 Å². The number of hydrogen-bond acceptors (Lipinski definition) is 3. The summed E-state index contributed by atoms with van der Waals surface area (Å²) in [4.78, 5) is 22.7. The first-order valence-corrected chi connectivity index (χ1v) is 7.08. The zero-order valence-electron chi connectivity index (χ0n) is 11.0. The Balaban J connectivity index is 2.42. The molecule has 1 aromatic carbocycles. The van der Waals surface area contributed by atoms with Crippen molar-refractivity contribution in [1.82, 2.24) is 0 Å². The summed E-state index contributed by atoms with van der Waals surface area (Å²) in [6.45, 7) is 5.45. The van der Waals surface area contributed by atoms with Crippen molar-refractivity contribution in [2.45, 2.75) is 32.4 Å². The number of rotatable bonds is 6. The largest absolute Gasteiger partial charge is 0.325 e. The van der Waals surface area contributed by atoms with E-state index in [9.17, 15) is 9.59 Å². The molecule has 4 heteroatoms. The SMILES string of the molecule is CCc1ccc(NC(=O)CS[C@H](C)C(C)=O)cc1. The van der Waals surface area contributed by atoms with Crippen LogP contribution in [0.2, 0.25) is 0 Å². The van der Waals surface area contributed by atoms with Gasteiger partial charge in [-0.05, 0) is 38.0 Å². The van der Waals surface area contributed by atoms with Crippen LogP contribution in [0.15, 0.2) is 24.3 Å². The topological polar surface area (TPSA) is 46.2 Å². The van der Waals surface area contributed by atoms with Crippen LogP contribution < -0.4 is 5.32 Å². The lowest BCUT2D eigenvalue weighted by Gasteiger charge is -2.08. The lowest BCUT2D eigenvalue weighted by molar-refractivity contribution is -0.116. The van der Waals surface area contributed by atoms with E-state index >= 15 is 0 Å². The molecule has 98 valence electrons. The predicted octanol–water partition coefficient (Wildman–Crippen LogP) is 2.90. The zero-order valence-corrected chi connectivity index (χ0v) is 11.8. The van der Waals surface area contributed by atoms with Gasteiger partial charge in [0, 0.05) is 5.69 Å². The Kier molecular flexibility index (Phi) is 5.92. The molecular formula is C14H19NO2S. The van der Waals surface area contributed by atoms with Crippen LogP contribution in [0, 0.1) is 0 Å². The normalized spacial score (nSPS) is 11.9. The molecule has 0 fully saturated rings. The number of aryl methyl sites for hydroxylation is 1. The van der Waals surface area contributed by atoms with E-state index < -0.39 is 0 Å². The summed E-state index contributed by atoms with van der Waals surface area (Å²) in [5, 5.41) is 2.69. The molecule has 0 unspecified atom stereocenters. The molecule has 3 nitrogen and oxygen atoms in total. The number of hydrogen-bond donors (Lipinski definition) is 1. The van der Waals surface area contributed by atoms with Gasteiger partial charge in [-0.3, -0.25) is 9.59 Å². The highest BCUT2D eigenvalue weighted by Crippen LogP contribution is 2.13. The smallest absolute Gasteiger partial charge is 0.234 e. The van der Waals surface area contributed by atoms with Crippen LogP contribution in [0.1, 0.15) is 26.3 Å². The molecular weight excluding hydrogens is 246 g/mol. The maximum atomic E-state index is 11.7. The van der Waals surface area contributed by atoms with Gasteiger partial charge in [-0.15, -0.1) is 11.8 Å². The fourth-order valence-electron chi connectivity index (χ4n) is 1.34. The molecule has 0 radical (unpaired) electrons. The molecule has 1 rings (SSSR count). The van der Waals surface area contributed by atoms with Gasteiger partial charge in [0.2, 0.25) is 5.91 Å². The monoisotopic (exact) mass is 265 g/mol. The highest BCUT2D eigenvalue weighted by Gasteiger charge is 2.10. The van der Waals surface area contributed by atoms with Gasteiger partial charge in [0.15, 0.2) is 0 Å². The number of carbonyl (C=O) groups is 2. The molecule has 0 aliphatic heterocycles. The fourth-order valence-corrected chi connectivity index (χ4v) is 2.05. The van der Waals surface area contributed by atoms with Crippen molar-refractivity contribution in [3.63, 3.8) is 0 Å². The molecule has 18 heavy (non-hydrogen) atoms. The van der Waals surface area contributed by atoms with Crippen molar-refractivity contribution in [1.29, 1.82) is 0 Å². The zero-order chi connectivity index (χ0) is 13.5. The predicted molar refractivity (Wildman–Crippen MR) is 77.1 cm³/mol. The first kappa shape index (κ1) is 14.8. The molecule has 0 aliphatic rings. The molecule has 0 heterocycles. The van der Waals surface area contributed by atoms with Crippen LogP contribution >= 0.6 is 11.8 Å². The van der Waals surface area contributed by atoms with Crippen molar-refractivity contribution >= 4 is 29.1 Å². The van der Waals surface area contributed by atoms with Gasteiger partial charge < -0.3 is 5.32 Å². The average molecular weight is 265 g/mol. The third kappa shape index (κ3) is 4.92. The summed E-state index contributed by atoms with van der Waals surface area (Å²) in [6.07, 6.45) is 0.986. The van der Waals surface area contributed by atoms with Gasteiger partial charge in [-0.2, -0.15) is 0 Å². The maximum Gasteiger partial charge on any atom is 0.234 e. The number of anilines is 1. The van der Waals surface area contributed by atoms with E-state index in [4.69, 9.17) is 0 Å². The van der Waals surface area contributed by atoms with E-state index in [0.717, 1.165) is 12.1 Å². The third-order valence-electron chi connectivity index (χ3n) is 2.68. The van der Waals surface area contributed by atoms with Crippen molar-refractivity contribution in [3.05, 3.63) is 29.8 Å². The second-order valence-corrected chi connectivity index (χ2v) is 5.49. The quantitative estimate of drug-likeness (QED) is 0.860. The van der Waals surface area contributed by atoms with E-state index in [1.165, 1.54) is 17.3 Å². The molecule has 0 aliphatic carbocycles. The maximum absolute atomic E-state index is 11.7. The van der Waals surface area contributed by atoms with Gasteiger partial charge >= 0.3 is 0 Å². The molecule has 1 atom stereocenters.